The van der Waals surface area contributed by atoms with Crippen molar-refractivity contribution < 1.29 is 18.8 Å². The van der Waals surface area contributed by atoms with E-state index in [1.165, 1.54) is 13.2 Å². The monoisotopic (exact) mass is 447 g/mol. The summed E-state index contributed by atoms with van der Waals surface area (Å²) in [5.41, 5.74) is 0.997. The largest absolute Gasteiger partial charge is 0.466 e. The topological polar surface area (TPSA) is 57.1 Å². The van der Waals surface area contributed by atoms with E-state index < -0.39 is 8.32 Å². The second kappa shape index (κ2) is 13.5. The molecule has 2 atom stereocenters. The fourth-order valence-corrected chi connectivity index (χ4v) is 4.26. The number of esters is 1. The lowest BCUT2D eigenvalue weighted by Gasteiger charge is -2.38. The molecule has 1 aliphatic heterocycles. The zero-order chi connectivity index (χ0) is 23.3. The number of carbonyl (C=O) groups excluding carboxylic acids is 1. The van der Waals surface area contributed by atoms with E-state index in [4.69, 9.17) is 9.26 Å². The molecule has 0 N–H and O–H groups in total. The molecule has 0 saturated carbocycles. The number of hydrogen-bond acceptors (Lipinski definition) is 5. The van der Waals surface area contributed by atoms with Crippen LogP contribution in [0.25, 0.3) is 0 Å². The molecule has 174 valence electrons. The van der Waals surface area contributed by atoms with Crippen LogP contribution in [0.2, 0.25) is 18.1 Å². The van der Waals surface area contributed by atoms with E-state index in [2.05, 4.69) is 62.8 Å². The zero-order valence-electron chi connectivity index (χ0n) is 20.4. The summed E-state index contributed by atoms with van der Waals surface area (Å²) in [6.45, 7) is 13.7. The first-order valence-electron chi connectivity index (χ1n) is 11.2. The number of rotatable bonds is 12. The van der Waals surface area contributed by atoms with Gasteiger partial charge in [0.15, 0.2) is 14.4 Å². The van der Waals surface area contributed by atoms with Gasteiger partial charge in [0.25, 0.3) is 0 Å². The Balaban J connectivity index is 2.20. The van der Waals surface area contributed by atoms with Crippen LogP contribution in [0, 0.1) is 0 Å². The predicted molar refractivity (Wildman–Crippen MR) is 132 cm³/mol. The molecule has 0 spiro atoms. The Morgan fingerprint density at radius 2 is 1.94 bits per heavy atom. The Kier molecular flexibility index (Phi) is 11.8. The van der Waals surface area contributed by atoms with Crippen molar-refractivity contribution in [3.63, 3.8) is 0 Å². The third-order valence-corrected chi connectivity index (χ3v) is 10.2. The van der Waals surface area contributed by atoms with Crippen molar-refractivity contribution in [2.24, 2.45) is 5.16 Å². The smallest absolute Gasteiger partial charge is 0.330 e. The first-order chi connectivity index (χ1) is 14.5. The van der Waals surface area contributed by atoms with Crippen LogP contribution in [0.3, 0.4) is 0 Å². The average molecular weight is 448 g/mol. The van der Waals surface area contributed by atoms with Crippen LogP contribution in [0.15, 0.2) is 53.8 Å². The molecule has 0 saturated heterocycles. The van der Waals surface area contributed by atoms with E-state index in [1.807, 2.05) is 24.3 Å². The van der Waals surface area contributed by atoms with Gasteiger partial charge < -0.3 is 14.0 Å². The number of nitrogens with zero attached hydrogens (tertiary/aromatic N) is 1. The van der Waals surface area contributed by atoms with Gasteiger partial charge in [0.1, 0.15) is 0 Å². The van der Waals surface area contributed by atoms with E-state index in [-0.39, 0.29) is 17.1 Å². The molecule has 0 radical (unpaired) electrons. The van der Waals surface area contributed by atoms with Crippen LogP contribution in [0.1, 0.15) is 59.8 Å². The molecule has 0 aromatic rings. The minimum atomic E-state index is -1.67. The Morgan fingerprint density at radius 1 is 1.23 bits per heavy atom. The molecular weight excluding hydrogens is 406 g/mol. The molecule has 31 heavy (non-hydrogen) atoms. The summed E-state index contributed by atoms with van der Waals surface area (Å²) in [5.74, 6) is -0.363. The number of hydrogen-bond donors (Lipinski definition) is 0. The molecule has 0 unspecified atom stereocenters. The number of allylic oxidation sites excluding steroid dienone is 6. The van der Waals surface area contributed by atoms with Crippen molar-refractivity contribution in [3.8, 4) is 0 Å². The van der Waals surface area contributed by atoms with Crippen LogP contribution in [-0.4, -0.2) is 39.3 Å². The van der Waals surface area contributed by atoms with Crippen LogP contribution < -0.4 is 0 Å². The third-order valence-electron chi connectivity index (χ3n) is 5.64. The SMILES string of the molecule is COC(=O)/C=C/C=C\CC1=NO[C@@H](/C=C/C=C/CCC[C@@H](C)O[Si](C)(C)C(C)(C)C)C1. The van der Waals surface area contributed by atoms with Crippen LogP contribution in [0.4, 0.5) is 0 Å². The first-order valence-corrected chi connectivity index (χ1v) is 14.1. The summed E-state index contributed by atoms with van der Waals surface area (Å²) in [6, 6.07) is 0. The van der Waals surface area contributed by atoms with E-state index in [0.717, 1.165) is 31.4 Å². The summed E-state index contributed by atoms with van der Waals surface area (Å²) < 4.78 is 10.9. The van der Waals surface area contributed by atoms with Gasteiger partial charge >= 0.3 is 5.97 Å². The molecule has 6 heteroatoms. The second-order valence-corrected chi connectivity index (χ2v) is 14.2. The van der Waals surface area contributed by atoms with Crippen molar-refractivity contribution in [1.29, 1.82) is 0 Å². The van der Waals surface area contributed by atoms with Gasteiger partial charge in [0.2, 0.25) is 0 Å². The molecule has 5 nitrogen and oxygen atoms in total. The number of unbranched alkanes of at least 4 members (excludes halogenated alkanes) is 1. The van der Waals surface area contributed by atoms with E-state index >= 15 is 0 Å². The predicted octanol–water partition coefficient (Wildman–Crippen LogP) is 6.50. The van der Waals surface area contributed by atoms with Gasteiger partial charge in [0.05, 0.1) is 12.8 Å². The molecule has 0 aromatic heterocycles. The van der Waals surface area contributed by atoms with Gasteiger partial charge in [-0.15, -0.1) is 0 Å². The maximum Gasteiger partial charge on any atom is 0.330 e. The number of ether oxygens (including phenoxy) is 1. The molecule has 0 bridgehead atoms. The summed E-state index contributed by atoms with van der Waals surface area (Å²) in [6.07, 6.45) is 20.2. The first kappa shape index (κ1) is 27.1. The van der Waals surface area contributed by atoms with E-state index in [9.17, 15) is 4.79 Å². The van der Waals surface area contributed by atoms with Crippen molar-refractivity contribution in [3.05, 3.63) is 48.6 Å². The van der Waals surface area contributed by atoms with Gasteiger partial charge in [-0.25, -0.2) is 4.79 Å². The van der Waals surface area contributed by atoms with Gasteiger partial charge in [0, 0.05) is 25.0 Å². The van der Waals surface area contributed by atoms with Crippen molar-refractivity contribution >= 4 is 20.0 Å². The highest BCUT2D eigenvalue weighted by Gasteiger charge is 2.38. The standard InChI is InChI=1S/C25H41NO4Si/c1-21(30-31(6,7)25(2,3)4)16-12-9-8-10-14-18-23-20-22(26-29-23)17-13-11-15-19-24(27)28-5/h8,10-11,13-15,18-19,21,23H,9,12,16-17,20H2,1-7H3/b10-8+,13-11-,18-14+,19-15+/t21-,23+/m1/s1. The van der Waals surface area contributed by atoms with Crippen LogP contribution >= 0.6 is 0 Å². The molecule has 0 amide bonds. The van der Waals surface area contributed by atoms with E-state index in [0.29, 0.717) is 12.5 Å². The summed E-state index contributed by atoms with van der Waals surface area (Å²) in [5, 5.41) is 4.38. The molecule has 0 fully saturated rings. The molecule has 1 aliphatic rings. The Bertz CT molecular complexity index is 699. The highest BCUT2D eigenvalue weighted by molar-refractivity contribution is 6.74. The lowest BCUT2D eigenvalue weighted by atomic mass is 10.1. The number of carbonyl (C=O) groups is 1. The minimum absolute atomic E-state index is 0.00308. The highest BCUT2D eigenvalue weighted by atomic mass is 28.4. The van der Waals surface area contributed by atoms with Gasteiger partial charge in [-0.1, -0.05) is 62.4 Å². The zero-order valence-corrected chi connectivity index (χ0v) is 21.4. The highest BCUT2D eigenvalue weighted by Crippen LogP contribution is 2.37. The van der Waals surface area contributed by atoms with Crippen LogP contribution in [0.5, 0.6) is 0 Å². The van der Waals surface area contributed by atoms with E-state index in [1.54, 1.807) is 6.08 Å². The quantitative estimate of drug-likeness (QED) is 0.113. The van der Waals surface area contributed by atoms with Gasteiger partial charge in [-0.05, 0) is 50.4 Å². The fourth-order valence-electron chi connectivity index (χ4n) is 2.78. The summed E-state index contributed by atoms with van der Waals surface area (Å²) in [4.78, 5) is 16.4. The maximum atomic E-state index is 11.0. The normalized spacial score (nSPS) is 18.9. The summed E-state index contributed by atoms with van der Waals surface area (Å²) in [7, 11) is -0.312. The Morgan fingerprint density at radius 3 is 2.61 bits per heavy atom. The molecule has 0 aliphatic carbocycles. The van der Waals surface area contributed by atoms with Gasteiger partial charge in [-0.3, -0.25) is 0 Å². The fraction of sp³-hybridized carbons (Fsp3) is 0.600. The molecular formula is C25H41NO4Si. The third kappa shape index (κ3) is 11.3. The Hall–Kier alpha value is -1.92. The van der Waals surface area contributed by atoms with Gasteiger partial charge in [-0.2, -0.15) is 0 Å². The average Bonchev–Trinajstić information content (AvgIpc) is 3.13. The Labute approximate surface area is 190 Å². The second-order valence-electron chi connectivity index (χ2n) is 9.45. The molecule has 0 aromatic carbocycles. The van der Waals surface area contributed by atoms with Crippen molar-refractivity contribution in [2.75, 3.05) is 7.11 Å². The summed E-state index contributed by atoms with van der Waals surface area (Å²) >= 11 is 0. The lowest BCUT2D eigenvalue weighted by molar-refractivity contribution is -0.134. The number of methoxy groups -OCH3 is 1. The van der Waals surface area contributed by atoms with Crippen molar-refractivity contribution in [2.45, 2.75) is 90.1 Å². The van der Waals surface area contributed by atoms with Crippen LogP contribution in [-0.2, 0) is 18.8 Å². The maximum absolute atomic E-state index is 11.0. The minimum Gasteiger partial charge on any atom is -0.466 e. The lowest BCUT2D eigenvalue weighted by Crippen LogP contribution is -2.43. The number of oxime groups is 1. The van der Waals surface area contributed by atoms with Crippen molar-refractivity contribution in [1.82, 2.24) is 0 Å². The molecule has 1 rings (SSSR count). The molecule has 1 heterocycles.